The van der Waals surface area contributed by atoms with E-state index < -0.39 is 0 Å². The number of hydrogen-bond donors (Lipinski definition) is 2. The molecule has 7 heteroatoms. The highest BCUT2D eigenvalue weighted by molar-refractivity contribution is 6.31. The van der Waals surface area contributed by atoms with Gasteiger partial charge >= 0.3 is 0 Å². The first-order chi connectivity index (χ1) is 8.64. The number of aliphatic hydroxyl groups is 1. The molecule has 0 bridgehead atoms. The number of aliphatic hydroxyl groups excluding tert-OH is 1. The predicted molar refractivity (Wildman–Crippen MR) is 86.6 cm³/mol. The summed E-state index contributed by atoms with van der Waals surface area (Å²) in [6.45, 7) is 5.89. The highest BCUT2D eigenvalue weighted by Crippen LogP contribution is 2.40. The average Bonchev–Trinajstić information content (AvgIpc) is 2.89. The molecule has 4 nitrogen and oxygen atoms in total. The summed E-state index contributed by atoms with van der Waals surface area (Å²) in [5.41, 5.74) is 0.872. The molecule has 114 valence electrons. The van der Waals surface area contributed by atoms with Crippen molar-refractivity contribution in [2.24, 2.45) is 11.3 Å². The Morgan fingerprint density at radius 1 is 1.50 bits per heavy atom. The fraction of sp³-hybridized carbons (Fsp3) is 0.615. The lowest BCUT2D eigenvalue weighted by Crippen LogP contribution is -2.36. The van der Waals surface area contributed by atoms with Gasteiger partial charge in [-0.3, -0.25) is 0 Å². The van der Waals surface area contributed by atoms with Crippen molar-refractivity contribution in [1.82, 2.24) is 10.3 Å². The van der Waals surface area contributed by atoms with Crippen LogP contribution in [0.5, 0.6) is 0 Å². The van der Waals surface area contributed by atoms with Crippen LogP contribution < -0.4 is 10.2 Å². The van der Waals surface area contributed by atoms with Crippen LogP contribution in [0.4, 0.5) is 5.82 Å². The van der Waals surface area contributed by atoms with Gasteiger partial charge in [-0.15, -0.1) is 24.8 Å². The molecule has 2 atom stereocenters. The maximum atomic E-state index is 9.68. The molecule has 0 amide bonds. The molecule has 0 aliphatic carbocycles. The van der Waals surface area contributed by atoms with Crippen LogP contribution in [0.25, 0.3) is 0 Å². The molecule has 0 aromatic carbocycles. The summed E-state index contributed by atoms with van der Waals surface area (Å²) in [7, 11) is 0. The predicted octanol–water partition coefficient (Wildman–Crippen LogP) is 1.91. The van der Waals surface area contributed by atoms with Crippen molar-refractivity contribution in [2.75, 3.05) is 37.7 Å². The minimum Gasteiger partial charge on any atom is -0.396 e. The largest absolute Gasteiger partial charge is 0.396 e. The molecular formula is C13H20Cl3N3O. The van der Waals surface area contributed by atoms with Crippen LogP contribution in [0, 0.1) is 18.3 Å². The van der Waals surface area contributed by atoms with E-state index in [4.69, 9.17) is 11.6 Å². The summed E-state index contributed by atoms with van der Waals surface area (Å²) in [4.78, 5) is 6.81. The van der Waals surface area contributed by atoms with Crippen molar-refractivity contribution in [3.05, 3.63) is 22.8 Å². The Bertz CT molecular complexity index is 474. The summed E-state index contributed by atoms with van der Waals surface area (Å²) >= 11 is 6.01. The monoisotopic (exact) mass is 339 g/mol. The van der Waals surface area contributed by atoms with E-state index in [0.29, 0.717) is 10.9 Å². The molecule has 3 rings (SSSR count). The molecule has 2 N–H and O–H groups in total. The highest BCUT2D eigenvalue weighted by Gasteiger charge is 2.49. The number of hydrogen-bond acceptors (Lipinski definition) is 4. The van der Waals surface area contributed by atoms with Crippen LogP contribution in [0.15, 0.2) is 12.1 Å². The Balaban J connectivity index is 0.000001000. The second kappa shape index (κ2) is 6.67. The molecule has 2 aliphatic rings. The molecule has 2 unspecified atom stereocenters. The molecule has 0 radical (unpaired) electrons. The third-order valence-electron chi connectivity index (χ3n) is 4.33. The zero-order valence-corrected chi connectivity index (χ0v) is 13.7. The van der Waals surface area contributed by atoms with E-state index in [2.05, 4.69) is 15.2 Å². The van der Waals surface area contributed by atoms with E-state index in [1.807, 2.05) is 19.1 Å². The third-order valence-corrected chi connectivity index (χ3v) is 4.73. The van der Waals surface area contributed by atoms with E-state index in [-0.39, 0.29) is 36.8 Å². The van der Waals surface area contributed by atoms with Gasteiger partial charge in [-0.05, 0) is 25.0 Å². The Morgan fingerprint density at radius 2 is 2.25 bits per heavy atom. The molecular weight excluding hydrogens is 321 g/mol. The lowest BCUT2D eigenvalue weighted by Gasteiger charge is -2.25. The van der Waals surface area contributed by atoms with Crippen LogP contribution in [0.2, 0.25) is 5.02 Å². The average molecular weight is 341 g/mol. The van der Waals surface area contributed by atoms with E-state index >= 15 is 0 Å². The third kappa shape index (κ3) is 2.85. The van der Waals surface area contributed by atoms with Gasteiger partial charge in [0.05, 0.1) is 17.3 Å². The number of rotatable bonds is 2. The number of pyridine rings is 1. The van der Waals surface area contributed by atoms with E-state index in [1.165, 1.54) is 0 Å². The van der Waals surface area contributed by atoms with Gasteiger partial charge in [0.25, 0.3) is 0 Å². The van der Waals surface area contributed by atoms with Gasteiger partial charge in [0.1, 0.15) is 5.82 Å². The van der Waals surface area contributed by atoms with Crippen LogP contribution in [0.3, 0.4) is 0 Å². The summed E-state index contributed by atoms with van der Waals surface area (Å²) < 4.78 is 0. The SMILES string of the molecule is Cc1nc(N2CC3CNCC3(CO)C2)ccc1Cl.Cl.Cl. The van der Waals surface area contributed by atoms with E-state index in [0.717, 1.165) is 37.7 Å². The fourth-order valence-corrected chi connectivity index (χ4v) is 3.23. The molecule has 20 heavy (non-hydrogen) atoms. The lowest BCUT2D eigenvalue weighted by atomic mass is 9.82. The van der Waals surface area contributed by atoms with Crippen molar-refractivity contribution < 1.29 is 5.11 Å². The van der Waals surface area contributed by atoms with E-state index in [9.17, 15) is 5.11 Å². The minimum atomic E-state index is 0. The lowest BCUT2D eigenvalue weighted by molar-refractivity contribution is 0.135. The van der Waals surface area contributed by atoms with E-state index in [1.54, 1.807) is 0 Å². The molecule has 0 saturated carbocycles. The molecule has 2 fully saturated rings. The Kier molecular flexibility index (Phi) is 5.93. The van der Waals surface area contributed by atoms with Crippen LogP contribution in [0.1, 0.15) is 5.69 Å². The summed E-state index contributed by atoms with van der Waals surface area (Å²) in [6.07, 6.45) is 0. The Labute approximate surface area is 136 Å². The number of nitrogens with zero attached hydrogens (tertiary/aromatic N) is 2. The highest BCUT2D eigenvalue weighted by atomic mass is 35.5. The van der Waals surface area contributed by atoms with Crippen molar-refractivity contribution >= 4 is 42.2 Å². The van der Waals surface area contributed by atoms with Crippen molar-refractivity contribution in [1.29, 1.82) is 0 Å². The molecule has 3 heterocycles. The molecule has 0 spiro atoms. The number of fused-ring (bicyclic) bond motifs is 1. The number of aryl methyl sites for hydroxylation is 1. The first kappa shape index (κ1) is 17.8. The van der Waals surface area contributed by atoms with Crippen LogP contribution in [-0.4, -0.2) is 42.9 Å². The number of halogens is 3. The summed E-state index contributed by atoms with van der Waals surface area (Å²) in [5.74, 6) is 1.49. The number of nitrogens with one attached hydrogen (secondary N) is 1. The summed E-state index contributed by atoms with van der Waals surface area (Å²) in [6, 6.07) is 3.87. The van der Waals surface area contributed by atoms with Crippen LogP contribution in [-0.2, 0) is 0 Å². The van der Waals surface area contributed by atoms with Crippen molar-refractivity contribution in [3.63, 3.8) is 0 Å². The van der Waals surface area contributed by atoms with Gasteiger partial charge in [0.15, 0.2) is 0 Å². The van der Waals surface area contributed by atoms with Gasteiger partial charge < -0.3 is 15.3 Å². The second-order valence-electron chi connectivity index (χ2n) is 5.47. The zero-order chi connectivity index (χ0) is 12.8. The Hall–Kier alpha value is -0.260. The molecule has 2 saturated heterocycles. The second-order valence-corrected chi connectivity index (χ2v) is 5.87. The van der Waals surface area contributed by atoms with Gasteiger partial charge in [-0.1, -0.05) is 11.6 Å². The summed E-state index contributed by atoms with van der Waals surface area (Å²) in [5, 5.41) is 13.8. The standard InChI is InChI=1S/C13H18ClN3O.2ClH/c1-9-11(14)2-3-12(16-9)17-5-10-4-15-6-13(10,7-17)8-18;;/h2-3,10,15,18H,4-8H2,1H3;2*1H. The van der Waals surface area contributed by atoms with Crippen molar-refractivity contribution in [3.8, 4) is 0 Å². The van der Waals surface area contributed by atoms with Gasteiger partial charge in [-0.25, -0.2) is 4.98 Å². The van der Waals surface area contributed by atoms with Gasteiger partial charge in [-0.2, -0.15) is 0 Å². The Morgan fingerprint density at radius 3 is 2.85 bits per heavy atom. The minimum absolute atomic E-state index is 0. The van der Waals surface area contributed by atoms with Crippen LogP contribution >= 0.6 is 36.4 Å². The van der Waals surface area contributed by atoms with Gasteiger partial charge in [0, 0.05) is 31.6 Å². The molecule has 1 aromatic rings. The van der Waals surface area contributed by atoms with Crippen molar-refractivity contribution in [2.45, 2.75) is 6.92 Å². The number of anilines is 1. The topological polar surface area (TPSA) is 48.4 Å². The zero-order valence-electron chi connectivity index (χ0n) is 11.3. The smallest absolute Gasteiger partial charge is 0.128 e. The normalized spacial score (nSPS) is 27.8. The molecule has 2 aliphatic heterocycles. The first-order valence-electron chi connectivity index (χ1n) is 6.34. The first-order valence-corrected chi connectivity index (χ1v) is 6.72. The molecule has 1 aromatic heterocycles. The maximum absolute atomic E-state index is 9.68. The van der Waals surface area contributed by atoms with Gasteiger partial charge in [0.2, 0.25) is 0 Å². The quantitative estimate of drug-likeness (QED) is 0.863. The fourth-order valence-electron chi connectivity index (χ4n) is 3.13. The number of aromatic nitrogens is 1. The maximum Gasteiger partial charge on any atom is 0.128 e.